The van der Waals surface area contributed by atoms with Crippen LogP contribution in [0.25, 0.3) is 0 Å². The van der Waals surface area contributed by atoms with Crippen molar-refractivity contribution in [2.45, 2.75) is 31.8 Å². The fourth-order valence-electron chi connectivity index (χ4n) is 3.64. The first-order chi connectivity index (χ1) is 13.0. The predicted molar refractivity (Wildman–Crippen MR) is 96.0 cm³/mol. The maximum atomic E-state index is 14.0. The number of hydrogen-bond donors (Lipinski definition) is 1. The van der Waals surface area contributed by atoms with Crippen LogP contribution >= 0.6 is 0 Å². The smallest absolute Gasteiger partial charge is 0.228 e. The minimum Gasteiger partial charge on any atom is -0.378 e. The van der Waals surface area contributed by atoms with Crippen molar-refractivity contribution in [1.29, 1.82) is 0 Å². The summed E-state index contributed by atoms with van der Waals surface area (Å²) in [5.41, 5.74) is 5.47. The van der Waals surface area contributed by atoms with E-state index in [4.69, 9.17) is 10.5 Å². The van der Waals surface area contributed by atoms with E-state index in [1.54, 1.807) is 4.90 Å². The van der Waals surface area contributed by atoms with E-state index in [0.29, 0.717) is 26.2 Å². The number of likely N-dealkylation sites (tertiary alicyclic amines) is 1. The van der Waals surface area contributed by atoms with Crippen molar-refractivity contribution in [2.24, 2.45) is 11.7 Å². The van der Waals surface area contributed by atoms with E-state index in [0.717, 1.165) is 31.4 Å². The third kappa shape index (κ3) is 4.62. The number of amides is 2. The van der Waals surface area contributed by atoms with Crippen LogP contribution in [-0.2, 0) is 14.3 Å². The maximum Gasteiger partial charge on any atom is 0.228 e. The lowest BCUT2D eigenvalue weighted by Gasteiger charge is -2.33. The SMILES string of the molecule is NCCCOC1CCN(C(=O)[C@H]2CC(=O)N(c3ccc(F)cc3F)C2)CC1. The zero-order valence-corrected chi connectivity index (χ0v) is 15.2. The first kappa shape index (κ1) is 19.7. The van der Waals surface area contributed by atoms with Crippen LogP contribution in [-0.4, -0.2) is 55.6 Å². The fraction of sp³-hybridized carbons (Fsp3) is 0.579. The number of hydrogen-bond acceptors (Lipinski definition) is 4. The molecule has 1 aromatic rings. The third-order valence-corrected chi connectivity index (χ3v) is 5.13. The Morgan fingerprint density at radius 1 is 1.26 bits per heavy atom. The molecule has 2 aliphatic rings. The number of nitrogens with zero attached hydrogens (tertiary/aromatic N) is 2. The molecule has 3 rings (SSSR count). The molecule has 148 valence electrons. The summed E-state index contributed by atoms with van der Waals surface area (Å²) in [4.78, 5) is 28.0. The molecule has 2 amide bonds. The van der Waals surface area contributed by atoms with Gasteiger partial charge in [0.25, 0.3) is 0 Å². The molecule has 8 heteroatoms. The summed E-state index contributed by atoms with van der Waals surface area (Å²) in [6.45, 7) is 2.51. The lowest BCUT2D eigenvalue weighted by Crippen LogP contribution is -2.44. The summed E-state index contributed by atoms with van der Waals surface area (Å²) >= 11 is 0. The van der Waals surface area contributed by atoms with Gasteiger partial charge in [-0.25, -0.2) is 8.78 Å². The predicted octanol–water partition coefficient (Wildman–Crippen LogP) is 1.67. The number of ether oxygens (including phenoxy) is 1. The summed E-state index contributed by atoms with van der Waals surface area (Å²) in [6, 6.07) is 3.09. The Balaban J connectivity index is 1.55. The molecule has 2 aliphatic heterocycles. The second-order valence-electron chi connectivity index (χ2n) is 7.04. The van der Waals surface area contributed by atoms with E-state index in [2.05, 4.69) is 0 Å². The second-order valence-corrected chi connectivity index (χ2v) is 7.04. The van der Waals surface area contributed by atoms with Crippen LogP contribution in [0, 0.1) is 17.6 Å². The number of carbonyl (C=O) groups excluding carboxylic acids is 2. The third-order valence-electron chi connectivity index (χ3n) is 5.13. The van der Waals surface area contributed by atoms with E-state index < -0.39 is 17.6 Å². The van der Waals surface area contributed by atoms with Crippen molar-refractivity contribution in [3.05, 3.63) is 29.8 Å². The summed E-state index contributed by atoms with van der Waals surface area (Å²) < 4.78 is 32.8. The standard InChI is InChI=1S/C19H25F2N3O3/c20-14-2-3-17(16(21)11-14)24-12-13(10-18(24)25)19(26)23-7-4-15(5-8-23)27-9-1-6-22/h2-3,11,13,15H,1,4-10,12,22H2/t13-/m0/s1. The van der Waals surface area contributed by atoms with Gasteiger partial charge in [0.2, 0.25) is 11.8 Å². The Bertz CT molecular complexity index is 693. The average Bonchev–Trinajstić information content (AvgIpc) is 3.03. The van der Waals surface area contributed by atoms with Crippen molar-refractivity contribution < 1.29 is 23.1 Å². The molecule has 0 aliphatic carbocycles. The Labute approximate surface area is 157 Å². The number of rotatable bonds is 6. The Morgan fingerprint density at radius 3 is 2.67 bits per heavy atom. The highest BCUT2D eigenvalue weighted by atomic mass is 19.1. The van der Waals surface area contributed by atoms with Gasteiger partial charge in [0.15, 0.2) is 0 Å². The molecule has 0 spiro atoms. The summed E-state index contributed by atoms with van der Waals surface area (Å²) in [5, 5.41) is 0. The number of anilines is 1. The van der Waals surface area contributed by atoms with Crippen LogP contribution < -0.4 is 10.6 Å². The number of piperidine rings is 1. The van der Waals surface area contributed by atoms with Gasteiger partial charge in [-0.15, -0.1) is 0 Å². The van der Waals surface area contributed by atoms with Crippen LogP contribution in [0.15, 0.2) is 18.2 Å². The Kier molecular flexibility index (Phi) is 6.38. The van der Waals surface area contributed by atoms with Gasteiger partial charge in [-0.05, 0) is 37.9 Å². The summed E-state index contributed by atoms with van der Waals surface area (Å²) in [5.74, 6) is -2.41. The molecule has 0 saturated carbocycles. The monoisotopic (exact) mass is 381 g/mol. The minimum atomic E-state index is -0.799. The molecule has 27 heavy (non-hydrogen) atoms. The van der Waals surface area contributed by atoms with Crippen LogP contribution in [0.5, 0.6) is 0 Å². The molecule has 2 N–H and O–H groups in total. The lowest BCUT2D eigenvalue weighted by atomic mass is 10.0. The van der Waals surface area contributed by atoms with Gasteiger partial charge >= 0.3 is 0 Å². The molecular weight excluding hydrogens is 356 g/mol. The van der Waals surface area contributed by atoms with E-state index in [1.807, 2.05) is 0 Å². The normalized spacial score (nSPS) is 21.1. The van der Waals surface area contributed by atoms with E-state index in [-0.39, 0.29) is 36.6 Å². The minimum absolute atomic E-state index is 0.0173. The van der Waals surface area contributed by atoms with E-state index in [1.165, 1.54) is 11.0 Å². The molecule has 1 atom stereocenters. The van der Waals surface area contributed by atoms with Crippen molar-refractivity contribution in [2.75, 3.05) is 37.7 Å². The molecule has 0 aromatic heterocycles. The summed E-state index contributed by atoms with van der Waals surface area (Å²) in [7, 11) is 0. The second kappa shape index (κ2) is 8.75. The maximum absolute atomic E-state index is 14.0. The van der Waals surface area contributed by atoms with Gasteiger partial charge in [-0.3, -0.25) is 9.59 Å². The number of halogens is 2. The van der Waals surface area contributed by atoms with E-state index in [9.17, 15) is 18.4 Å². The molecule has 0 unspecified atom stereocenters. The van der Waals surface area contributed by atoms with Gasteiger partial charge in [0, 0.05) is 38.7 Å². The Morgan fingerprint density at radius 2 is 2.00 bits per heavy atom. The van der Waals surface area contributed by atoms with Crippen molar-refractivity contribution >= 4 is 17.5 Å². The van der Waals surface area contributed by atoms with Crippen molar-refractivity contribution in [1.82, 2.24) is 4.90 Å². The highest BCUT2D eigenvalue weighted by molar-refractivity contribution is 6.00. The lowest BCUT2D eigenvalue weighted by molar-refractivity contribution is -0.138. The van der Waals surface area contributed by atoms with Gasteiger partial charge in [-0.1, -0.05) is 0 Å². The van der Waals surface area contributed by atoms with Gasteiger partial charge in [0.1, 0.15) is 11.6 Å². The molecule has 1 aromatic carbocycles. The van der Waals surface area contributed by atoms with Gasteiger partial charge in [0.05, 0.1) is 17.7 Å². The zero-order valence-electron chi connectivity index (χ0n) is 15.2. The van der Waals surface area contributed by atoms with Gasteiger partial charge < -0.3 is 20.3 Å². The fourth-order valence-corrected chi connectivity index (χ4v) is 3.64. The molecular formula is C19H25F2N3O3. The average molecular weight is 381 g/mol. The molecule has 2 saturated heterocycles. The number of nitrogens with two attached hydrogens (primary N) is 1. The Hall–Kier alpha value is -2.06. The quantitative estimate of drug-likeness (QED) is 0.761. The van der Waals surface area contributed by atoms with Crippen LogP contribution in [0.2, 0.25) is 0 Å². The summed E-state index contributed by atoms with van der Waals surface area (Å²) in [6.07, 6.45) is 2.51. The topological polar surface area (TPSA) is 75.9 Å². The van der Waals surface area contributed by atoms with Crippen LogP contribution in [0.1, 0.15) is 25.7 Å². The largest absolute Gasteiger partial charge is 0.378 e. The number of benzene rings is 1. The molecule has 0 bridgehead atoms. The molecule has 6 nitrogen and oxygen atoms in total. The molecule has 2 fully saturated rings. The van der Waals surface area contributed by atoms with Crippen LogP contribution in [0.4, 0.5) is 14.5 Å². The molecule has 2 heterocycles. The van der Waals surface area contributed by atoms with Gasteiger partial charge in [-0.2, -0.15) is 0 Å². The highest BCUT2D eigenvalue weighted by Crippen LogP contribution is 2.29. The van der Waals surface area contributed by atoms with Crippen molar-refractivity contribution in [3.63, 3.8) is 0 Å². The first-order valence-corrected chi connectivity index (χ1v) is 9.35. The first-order valence-electron chi connectivity index (χ1n) is 9.35. The highest BCUT2D eigenvalue weighted by Gasteiger charge is 2.39. The number of carbonyl (C=O) groups is 2. The molecule has 0 radical (unpaired) electrons. The van der Waals surface area contributed by atoms with Crippen molar-refractivity contribution in [3.8, 4) is 0 Å². The van der Waals surface area contributed by atoms with Crippen LogP contribution in [0.3, 0.4) is 0 Å². The van der Waals surface area contributed by atoms with E-state index >= 15 is 0 Å². The zero-order chi connectivity index (χ0) is 19.4.